The van der Waals surface area contributed by atoms with Gasteiger partial charge < -0.3 is 10.3 Å². The van der Waals surface area contributed by atoms with E-state index in [2.05, 4.69) is 15.3 Å². The van der Waals surface area contributed by atoms with Crippen molar-refractivity contribution in [3.05, 3.63) is 60.4 Å². The van der Waals surface area contributed by atoms with Crippen LogP contribution in [0.4, 0.5) is 0 Å². The van der Waals surface area contributed by atoms with E-state index in [0.29, 0.717) is 33.8 Å². The molecule has 2 aromatic heterocycles. The van der Waals surface area contributed by atoms with Crippen molar-refractivity contribution in [2.45, 2.75) is 50.8 Å². The molecule has 0 bridgehead atoms. The Morgan fingerprint density at radius 1 is 1.29 bits per heavy atom. The summed E-state index contributed by atoms with van der Waals surface area (Å²) < 4.78 is 0. The van der Waals surface area contributed by atoms with Gasteiger partial charge in [-0.2, -0.15) is 11.8 Å². The topological polar surface area (TPSA) is 74.8 Å². The molecule has 4 rings (SSSR count). The maximum atomic E-state index is 12.6. The first-order valence-electron chi connectivity index (χ1n) is 10.3. The number of thiophene rings is 1. The molecule has 1 aromatic carbocycles. The predicted molar refractivity (Wildman–Crippen MR) is 131 cm³/mol. The Bertz CT molecular complexity index is 1180. The number of benzene rings is 1. The van der Waals surface area contributed by atoms with E-state index in [0.717, 1.165) is 35.0 Å². The third-order valence-electron chi connectivity index (χ3n) is 5.41. The number of halogens is 2. The number of thioether (sulfide) groups is 1. The summed E-state index contributed by atoms with van der Waals surface area (Å²) in [7, 11) is 0. The number of H-pyrrole nitrogens is 1. The molecule has 31 heavy (non-hydrogen) atoms. The minimum atomic E-state index is -0.155. The van der Waals surface area contributed by atoms with Crippen molar-refractivity contribution in [3.63, 3.8) is 0 Å². The molecule has 0 saturated carbocycles. The third-order valence-corrected chi connectivity index (χ3v) is 8.30. The van der Waals surface area contributed by atoms with Crippen molar-refractivity contribution in [3.8, 4) is 0 Å². The molecule has 164 valence electrons. The summed E-state index contributed by atoms with van der Waals surface area (Å²) in [6.07, 6.45) is 4.74. The lowest BCUT2D eigenvalue weighted by atomic mass is 9.97. The summed E-state index contributed by atoms with van der Waals surface area (Å²) in [6.45, 7) is 1.91. The van der Waals surface area contributed by atoms with Crippen LogP contribution in [0.25, 0.3) is 10.2 Å². The van der Waals surface area contributed by atoms with Crippen LogP contribution in [0.1, 0.15) is 54.1 Å². The number of carbonyl (C=O) groups excluding carboxylic acids is 1. The van der Waals surface area contributed by atoms with Gasteiger partial charge in [0.15, 0.2) is 0 Å². The number of aromatic amines is 1. The average Bonchev–Trinajstić information content (AvgIpc) is 3.12. The highest BCUT2D eigenvalue weighted by Gasteiger charge is 2.19. The zero-order chi connectivity index (χ0) is 22.0. The molecule has 2 heterocycles. The van der Waals surface area contributed by atoms with E-state index in [4.69, 9.17) is 23.2 Å². The summed E-state index contributed by atoms with van der Waals surface area (Å²) in [5, 5.41) is 4.72. The van der Waals surface area contributed by atoms with Crippen LogP contribution >= 0.6 is 46.3 Å². The van der Waals surface area contributed by atoms with E-state index in [-0.39, 0.29) is 17.5 Å². The largest absolute Gasteiger partial charge is 0.350 e. The van der Waals surface area contributed by atoms with Gasteiger partial charge in [0.25, 0.3) is 5.56 Å². The lowest BCUT2D eigenvalue weighted by molar-refractivity contribution is -0.121. The maximum absolute atomic E-state index is 12.6. The first kappa shape index (κ1) is 22.6. The van der Waals surface area contributed by atoms with Gasteiger partial charge in [-0.05, 0) is 55.9 Å². The van der Waals surface area contributed by atoms with E-state index >= 15 is 0 Å². The number of amides is 1. The summed E-state index contributed by atoms with van der Waals surface area (Å²) >= 11 is 15.2. The summed E-state index contributed by atoms with van der Waals surface area (Å²) in [5.74, 6) is 1.85. The van der Waals surface area contributed by atoms with Gasteiger partial charge >= 0.3 is 0 Å². The van der Waals surface area contributed by atoms with E-state index in [1.165, 1.54) is 16.9 Å². The Morgan fingerprint density at radius 3 is 2.90 bits per heavy atom. The monoisotopic (exact) mass is 495 g/mol. The summed E-state index contributed by atoms with van der Waals surface area (Å²) in [4.78, 5) is 34.6. The lowest BCUT2D eigenvalue weighted by Gasteiger charge is -2.15. The van der Waals surface area contributed by atoms with Gasteiger partial charge in [-0.1, -0.05) is 29.3 Å². The first-order valence-corrected chi connectivity index (χ1v) is 13.0. The van der Waals surface area contributed by atoms with Crippen LogP contribution in [0.2, 0.25) is 10.0 Å². The Kier molecular flexibility index (Phi) is 7.26. The van der Waals surface area contributed by atoms with Crippen molar-refractivity contribution >= 4 is 62.4 Å². The summed E-state index contributed by atoms with van der Waals surface area (Å²) in [6, 6.07) is 5.20. The fraction of sp³-hybridized carbons (Fsp3) is 0.409. The molecule has 0 fully saturated rings. The van der Waals surface area contributed by atoms with Crippen LogP contribution < -0.4 is 10.9 Å². The zero-order valence-corrected chi connectivity index (χ0v) is 20.2. The number of nitrogens with one attached hydrogen (secondary N) is 2. The van der Waals surface area contributed by atoms with E-state index in [9.17, 15) is 9.59 Å². The lowest BCUT2D eigenvalue weighted by Crippen LogP contribution is -2.26. The van der Waals surface area contributed by atoms with Crippen LogP contribution in [0.15, 0.2) is 23.0 Å². The molecule has 3 aromatic rings. The van der Waals surface area contributed by atoms with Gasteiger partial charge in [-0.15, -0.1) is 11.3 Å². The first-order chi connectivity index (χ1) is 14.9. The van der Waals surface area contributed by atoms with Gasteiger partial charge in [0.2, 0.25) is 5.91 Å². The van der Waals surface area contributed by atoms with Crippen molar-refractivity contribution in [1.82, 2.24) is 15.3 Å². The molecule has 0 saturated heterocycles. The van der Waals surface area contributed by atoms with Crippen LogP contribution in [-0.4, -0.2) is 21.6 Å². The van der Waals surface area contributed by atoms with Crippen LogP contribution in [0.5, 0.6) is 0 Å². The highest BCUT2D eigenvalue weighted by Crippen LogP contribution is 2.33. The number of aryl methyl sites for hydroxylation is 2. The second kappa shape index (κ2) is 9.94. The Labute approximate surface area is 198 Å². The summed E-state index contributed by atoms with van der Waals surface area (Å²) in [5.41, 5.74) is 2.07. The SMILES string of the molecule is CC(NC(=O)CCSCc1nc2sc3c(c2c(=O)[nH]1)CCCC3)c1ccc(Cl)c(Cl)c1. The van der Waals surface area contributed by atoms with Crippen molar-refractivity contribution in [2.75, 3.05) is 5.75 Å². The van der Waals surface area contributed by atoms with Gasteiger partial charge in [0.05, 0.1) is 27.2 Å². The molecule has 0 spiro atoms. The quantitative estimate of drug-likeness (QED) is 0.414. The van der Waals surface area contributed by atoms with E-state index < -0.39 is 0 Å². The van der Waals surface area contributed by atoms with Gasteiger partial charge in [-0.3, -0.25) is 9.59 Å². The number of nitrogens with zero attached hydrogens (tertiary/aromatic N) is 1. The molecular weight excluding hydrogens is 473 g/mol. The minimum absolute atomic E-state index is 0.0334. The van der Waals surface area contributed by atoms with Crippen molar-refractivity contribution in [2.24, 2.45) is 0 Å². The Hall–Kier alpha value is -1.54. The molecule has 1 unspecified atom stereocenters. The van der Waals surface area contributed by atoms with Gasteiger partial charge in [0, 0.05) is 17.1 Å². The molecule has 9 heteroatoms. The van der Waals surface area contributed by atoms with Crippen LogP contribution in [0.3, 0.4) is 0 Å². The fourth-order valence-corrected chi connectivity index (χ4v) is 6.18. The molecule has 1 aliphatic rings. The van der Waals surface area contributed by atoms with Gasteiger partial charge in [-0.25, -0.2) is 4.98 Å². The van der Waals surface area contributed by atoms with Crippen LogP contribution in [0, 0.1) is 0 Å². The molecule has 1 atom stereocenters. The van der Waals surface area contributed by atoms with Crippen molar-refractivity contribution < 1.29 is 4.79 Å². The highest BCUT2D eigenvalue weighted by atomic mass is 35.5. The number of carbonyl (C=O) groups is 1. The smallest absolute Gasteiger partial charge is 0.259 e. The molecule has 0 radical (unpaired) electrons. The van der Waals surface area contributed by atoms with Gasteiger partial charge in [0.1, 0.15) is 10.7 Å². The fourth-order valence-electron chi connectivity index (χ4n) is 3.79. The third kappa shape index (κ3) is 5.28. The second-order valence-electron chi connectivity index (χ2n) is 7.67. The maximum Gasteiger partial charge on any atom is 0.259 e. The van der Waals surface area contributed by atoms with E-state index in [1.807, 2.05) is 13.0 Å². The number of rotatable bonds is 7. The minimum Gasteiger partial charge on any atom is -0.350 e. The number of fused-ring (bicyclic) bond motifs is 3. The molecule has 0 aliphatic heterocycles. The number of hydrogen-bond acceptors (Lipinski definition) is 5. The Balaban J connectivity index is 1.29. The molecule has 1 amide bonds. The second-order valence-corrected chi connectivity index (χ2v) is 10.7. The normalized spacial score (nSPS) is 14.4. The average molecular weight is 496 g/mol. The number of aromatic nitrogens is 2. The van der Waals surface area contributed by atoms with E-state index in [1.54, 1.807) is 35.2 Å². The standard InChI is InChI=1S/C22H23Cl2N3O2S2/c1-12(13-6-7-15(23)16(24)10-13)25-19(28)8-9-30-11-18-26-21(29)20-14-4-2-3-5-17(14)31-22(20)27-18/h6-7,10,12H,2-5,8-9,11H2,1H3,(H,25,28)(H,26,27,29). The Morgan fingerprint density at radius 2 is 2.10 bits per heavy atom. The highest BCUT2D eigenvalue weighted by molar-refractivity contribution is 7.98. The van der Waals surface area contributed by atoms with Crippen LogP contribution in [-0.2, 0) is 23.4 Å². The molecular formula is C22H23Cl2N3O2S2. The zero-order valence-electron chi connectivity index (χ0n) is 17.1. The molecule has 5 nitrogen and oxygen atoms in total. The molecule has 1 aliphatic carbocycles. The van der Waals surface area contributed by atoms with Crippen molar-refractivity contribution in [1.29, 1.82) is 0 Å². The molecule has 2 N–H and O–H groups in total. The predicted octanol–water partition coefficient (Wildman–Crippen LogP) is 5.67. The number of hydrogen-bond donors (Lipinski definition) is 2.